The Hall–Kier alpha value is -2.54. The van der Waals surface area contributed by atoms with Crippen LogP contribution < -0.4 is 9.47 Å². The van der Waals surface area contributed by atoms with Gasteiger partial charge in [0.1, 0.15) is 0 Å². The molecule has 7 nitrogen and oxygen atoms in total. The lowest BCUT2D eigenvalue weighted by atomic mass is 9.92. The van der Waals surface area contributed by atoms with Crippen LogP contribution in [0.5, 0.6) is 11.5 Å². The Morgan fingerprint density at radius 1 is 1.32 bits per heavy atom. The fraction of sp³-hybridized carbons (Fsp3) is 0.444. The Labute approximate surface area is 145 Å². The van der Waals surface area contributed by atoms with E-state index in [1.165, 1.54) is 0 Å². The summed E-state index contributed by atoms with van der Waals surface area (Å²) in [6, 6.07) is 5.59. The molecule has 0 aliphatic carbocycles. The fourth-order valence-corrected chi connectivity index (χ4v) is 3.61. The summed E-state index contributed by atoms with van der Waals surface area (Å²) in [5, 5.41) is 13.9. The summed E-state index contributed by atoms with van der Waals surface area (Å²) in [6.45, 7) is 1.47. The second-order valence-electron chi connectivity index (χ2n) is 6.66. The van der Waals surface area contributed by atoms with Crippen molar-refractivity contribution in [2.24, 2.45) is 13.0 Å². The molecule has 2 aliphatic heterocycles. The Morgan fingerprint density at radius 3 is 2.92 bits per heavy atom. The number of rotatable bonds is 4. The highest BCUT2D eigenvalue weighted by molar-refractivity contribution is 5.79. The van der Waals surface area contributed by atoms with E-state index in [2.05, 4.69) is 5.10 Å². The smallest absolute Gasteiger partial charge is 0.231 e. The van der Waals surface area contributed by atoms with Crippen molar-refractivity contribution in [3.8, 4) is 11.5 Å². The normalized spacial score (nSPS) is 21.8. The third kappa shape index (κ3) is 3.07. The summed E-state index contributed by atoms with van der Waals surface area (Å²) < 4.78 is 12.4. The predicted molar refractivity (Wildman–Crippen MR) is 89.4 cm³/mol. The number of aliphatic hydroxyl groups is 1. The van der Waals surface area contributed by atoms with E-state index in [9.17, 15) is 9.90 Å². The molecule has 0 bridgehead atoms. The minimum absolute atomic E-state index is 0.0462. The van der Waals surface area contributed by atoms with Gasteiger partial charge >= 0.3 is 0 Å². The topological polar surface area (TPSA) is 76.8 Å². The number of aromatic nitrogens is 2. The van der Waals surface area contributed by atoms with Crippen molar-refractivity contribution in [2.75, 3.05) is 26.5 Å². The zero-order valence-electron chi connectivity index (χ0n) is 14.1. The molecule has 1 amide bonds. The summed E-state index contributed by atoms with van der Waals surface area (Å²) >= 11 is 0. The number of fused-ring (bicyclic) bond motifs is 1. The molecule has 1 N–H and O–H groups in total. The largest absolute Gasteiger partial charge is 0.454 e. The molecule has 1 fully saturated rings. The summed E-state index contributed by atoms with van der Waals surface area (Å²) in [4.78, 5) is 14.5. The molecule has 0 unspecified atom stereocenters. The number of hydrogen-bond acceptors (Lipinski definition) is 5. The molecular formula is C18H21N3O4. The molecular weight excluding hydrogens is 322 g/mol. The molecule has 7 heteroatoms. The van der Waals surface area contributed by atoms with E-state index in [1.54, 1.807) is 4.68 Å². The SMILES string of the molecule is Cn1cc([C@@H]2CN(C(=O)Cc3ccc4c(c3)OCO4)C[C@H]2CO)cn1. The number of benzene rings is 1. The van der Waals surface area contributed by atoms with Crippen LogP contribution in [0.1, 0.15) is 17.0 Å². The number of ether oxygens (including phenoxy) is 2. The van der Waals surface area contributed by atoms with Crippen LogP contribution in [0.4, 0.5) is 0 Å². The van der Waals surface area contributed by atoms with Gasteiger partial charge in [-0.05, 0) is 23.3 Å². The highest BCUT2D eigenvalue weighted by atomic mass is 16.7. The first-order valence-corrected chi connectivity index (χ1v) is 8.39. The first kappa shape index (κ1) is 16.0. The number of aryl methyl sites for hydroxylation is 1. The van der Waals surface area contributed by atoms with E-state index in [1.807, 2.05) is 42.5 Å². The van der Waals surface area contributed by atoms with E-state index >= 15 is 0 Å². The third-order valence-corrected chi connectivity index (χ3v) is 4.97. The molecule has 132 valence electrons. The maximum Gasteiger partial charge on any atom is 0.231 e. The van der Waals surface area contributed by atoms with Crippen molar-refractivity contribution in [1.82, 2.24) is 14.7 Å². The van der Waals surface area contributed by atoms with Crippen LogP contribution in [-0.4, -0.2) is 52.2 Å². The Kier molecular flexibility index (Phi) is 4.09. The summed E-state index contributed by atoms with van der Waals surface area (Å²) in [7, 11) is 1.87. The van der Waals surface area contributed by atoms with Crippen LogP contribution in [0.3, 0.4) is 0 Å². The minimum Gasteiger partial charge on any atom is -0.454 e. The van der Waals surface area contributed by atoms with Crippen LogP contribution in [-0.2, 0) is 18.3 Å². The number of likely N-dealkylation sites (tertiary alicyclic amines) is 1. The lowest BCUT2D eigenvalue weighted by Gasteiger charge is -2.16. The van der Waals surface area contributed by atoms with Crippen molar-refractivity contribution in [3.05, 3.63) is 41.7 Å². The number of hydrogen-bond donors (Lipinski definition) is 1. The second kappa shape index (κ2) is 6.40. The fourth-order valence-electron chi connectivity index (χ4n) is 3.61. The van der Waals surface area contributed by atoms with Gasteiger partial charge in [-0.2, -0.15) is 5.10 Å². The molecule has 0 radical (unpaired) electrons. The van der Waals surface area contributed by atoms with Gasteiger partial charge in [-0.15, -0.1) is 0 Å². The second-order valence-corrected chi connectivity index (χ2v) is 6.66. The molecule has 2 aromatic rings. The van der Waals surface area contributed by atoms with E-state index in [0.29, 0.717) is 31.0 Å². The van der Waals surface area contributed by atoms with Gasteiger partial charge in [0.25, 0.3) is 0 Å². The summed E-state index contributed by atoms with van der Waals surface area (Å²) in [5.74, 6) is 1.63. The Morgan fingerprint density at radius 2 is 2.16 bits per heavy atom. The summed E-state index contributed by atoms with van der Waals surface area (Å²) in [5.41, 5.74) is 1.97. The Balaban J connectivity index is 1.45. The van der Waals surface area contributed by atoms with Gasteiger partial charge in [0.15, 0.2) is 11.5 Å². The number of carbonyl (C=O) groups excluding carboxylic acids is 1. The van der Waals surface area contributed by atoms with Crippen molar-refractivity contribution < 1.29 is 19.4 Å². The minimum atomic E-state index is 0.0462. The van der Waals surface area contributed by atoms with Crippen molar-refractivity contribution >= 4 is 5.91 Å². The molecule has 0 saturated carbocycles. The van der Waals surface area contributed by atoms with Gasteiger partial charge in [0.2, 0.25) is 12.7 Å². The van der Waals surface area contributed by atoms with Gasteiger partial charge in [-0.1, -0.05) is 6.07 Å². The van der Waals surface area contributed by atoms with Gasteiger partial charge < -0.3 is 19.5 Å². The number of carbonyl (C=O) groups is 1. The molecule has 1 aromatic carbocycles. The van der Waals surface area contributed by atoms with E-state index in [4.69, 9.17) is 9.47 Å². The molecule has 25 heavy (non-hydrogen) atoms. The van der Waals surface area contributed by atoms with E-state index in [0.717, 1.165) is 11.1 Å². The predicted octanol–water partition coefficient (Wildman–Crippen LogP) is 0.926. The average molecular weight is 343 g/mol. The maximum absolute atomic E-state index is 12.7. The standard InChI is InChI=1S/C18H21N3O4/c1-20-7-13(6-19-20)15-9-21(8-14(15)10-22)18(23)5-12-2-3-16-17(4-12)25-11-24-16/h2-4,6-7,14-15,22H,5,8-11H2,1H3/t14-,15-/m0/s1. The highest BCUT2D eigenvalue weighted by Crippen LogP contribution is 2.34. The van der Waals surface area contributed by atoms with E-state index < -0.39 is 0 Å². The summed E-state index contributed by atoms with van der Waals surface area (Å²) in [6.07, 6.45) is 4.09. The van der Waals surface area contributed by atoms with Crippen LogP contribution in [0.2, 0.25) is 0 Å². The average Bonchev–Trinajstić information content (AvgIpc) is 3.32. The Bertz CT molecular complexity index is 788. The first-order chi connectivity index (χ1) is 12.1. The molecule has 2 aliphatic rings. The van der Waals surface area contributed by atoms with Crippen LogP contribution in [0, 0.1) is 5.92 Å². The zero-order valence-corrected chi connectivity index (χ0v) is 14.1. The molecule has 4 rings (SSSR count). The van der Waals surface area contributed by atoms with Crippen LogP contribution >= 0.6 is 0 Å². The number of aliphatic hydroxyl groups excluding tert-OH is 1. The lowest BCUT2D eigenvalue weighted by molar-refractivity contribution is -0.129. The molecule has 3 heterocycles. The van der Waals surface area contributed by atoms with Gasteiger partial charge in [0.05, 0.1) is 12.6 Å². The van der Waals surface area contributed by atoms with Crippen molar-refractivity contribution in [3.63, 3.8) is 0 Å². The molecule has 2 atom stereocenters. The monoisotopic (exact) mass is 343 g/mol. The van der Waals surface area contributed by atoms with Gasteiger partial charge in [-0.3, -0.25) is 9.48 Å². The van der Waals surface area contributed by atoms with Crippen molar-refractivity contribution in [1.29, 1.82) is 0 Å². The zero-order chi connectivity index (χ0) is 17.4. The molecule has 1 aromatic heterocycles. The third-order valence-electron chi connectivity index (χ3n) is 4.97. The van der Waals surface area contributed by atoms with Crippen molar-refractivity contribution in [2.45, 2.75) is 12.3 Å². The van der Waals surface area contributed by atoms with Crippen LogP contribution in [0.25, 0.3) is 0 Å². The van der Waals surface area contributed by atoms with Crippen LogP contribution in [0.15, 0.2) is 30.6 Å². The lowest BCUT2D eigenvalue weighted by Crippen LogP contribution is -2.30. The van der Waals surface area contributed by atoms with Gasteiger partial charge in [0, 0.05) is 44.8 Å². The maximum atomic E-state index is 12.7. The number of amides is 1. The number of nitrogens with zero attached hydrogens (tertiary/aromatic N) is 3. The van der Waals surface area contributed by atoms with E-state index in [-0.39, 0.29) is 31.1 Å². The first-order valence-electron chi connectivity index (χ1n) is 8.39. The quantitative estimate of drug-likeness (QED) is 0.894. The van der Waals surface area contributed by atoms with Gasteiger partial charge in [-0.25, -0.2) is 0 Å². The molecule has 1 saturated heterocycles. The molecule has 0 spiro atoms. The highest BCUT2D eigenvalue weighted by Gasteiger charge is 2.36.